The monoisotopic (exact) mass is 481 g/mol. The first kappa shape index (κ1) is 24.5. The van der Waals surface area contributed by atoms with Gasteiger partial charge in [-0.05, 0) is 60.0 Å². The van der Waals surface area contributed by atoms with Gasteiger partial charge in [-0.25, -0.2) is 0 Å². The predicted octanol–water partition coefficient (Wildman–Crippen LogP) is 3.31. The SMILES string of the molecule is COc1ccc(NC(=O)c2ccc(NC(=O)COC(=O)CCNC(=O)c3ccsc3)cc2)cc1. The summed E-state index contributed by atoms with van der Waals surface area (Å²) in [4.78, 5) is 47.9. The second kappa shape index (κ2) is 12.2. The van der Waals surface area contributed by atoms with E-state index in [0.717, 1.165) is 0 Å². The van der Waals surface area contributed by atoms with Gasteiger partial charge in [0.05, 0.1) is 13.5 Å². The Kier molecular flexibility index (Phi) is 8.75. The van der Waals surface area contributed by atoms with Crippen molar-refractivity contribution in [2.24, 2.45) is 0 Å². The summed E-state index contributed by atoms with van der Waals surface area (Å²) in [5.41, 5.74) is 2.01. The van der Waals surface area contributed by atoms with E-state index >= 15 is 0 Å². The van der Waals surface area contributed by atoms with Crippen molar-refractivity contribution in [1.29, 1.82) is 0 Å². The molecule has 1 heterocycles. The van der Waals surface area contributed by atoms with Crippen LogP contribution in [0, 0.1) is 0 Å². The van der Waals surface area contributed by atoms with Gasteiger partial charge in [0.1, 0.15) is 5.75 Å². The van der Waals surface area contributed by atoms with E-state index in [1.807, 2.05) is 0 Å². The molecule has 3 aromatic rings. The molecule has 3 rings (SSSR count). The summed E-state index contributed by atoms with van der Waals surface area (Å²) in [6.07, 6.45) is -0.0544. The van der Waals surface area contributed by atoms with E-state index in [4.69, 9.17) is 9.47 Å². The van der Waals surface area contributed by atoms with Crippen molar-refractivity contribution >= 4 is 46.4 Å². The van der Waals surface area contributed by atoms with Gasteiger partial charge in [0.25, 0.3) is 17.7 Å². The number of hydrogen-bond donors (Lipinski definition) is 3. The maximum atomic E-state index is 12.4. The van der Waals surface area contributed by atoms with Crippen LogP contribution in [0.25, 0.3) is 0 Å². The summed E-state index contributed by atoms with van der Waals surface area (Å²) in [6.45, 7) is -0.355. The topological polar surface area (TPSA) is 123 Å². The molecule has 34 heavy (non-hydrogen) atoms. The molecule has 0 aliphatic rings. The fourth-order valence-corrected chi connectivity index (χ4v) is 3.41. The Morgan fingerprint density at radius 1 is 0.824 bits per heavy atom. The van der Waals surface area contributed by atoms with Crippen LogP contribution in [-0.2, 0) is 14.3 Å². The molecule has 0 saturated heterocycles. The third-order valence-electron chi connectivity index (χ3n) is 4.54. The van der Waals surface area contributed by atoms with Crippen LogP contribution < -0.4 is 20.7 Å². The Hall–Kier alpha value is -4.18. The number of methoxy groups -OCH3 is 1. The molecule has 1 aromatic heterocycles. The van der Waals surface area contributed by atoms with Gasteiger partial charge in [-0.3, -0.25) is 19.2 Å². The Morgan fingerprint density at radius 3 is 2.15 bits per heavy atom. The van der Waals surface area contributed by atoms with Crippen LogP contribution in [0.5, 0.6) is 5.75 Å². The molecule has 0 radical (unpaired) electrons. The zero-order chi connectivity index (χ0) is 24.3. The predicted molar refractivity (Wildman–Crippen MR) is 128 cm³/mol. The fourth-order valence-electron chi connectivity index (χ4n) is 2.77. The maximum Gasteiger partial charge on any atom is 0.308 e. The molecule has 3 N–H and O–H groups in total. The fraction of sp³-hybridized carbons (Fsp3) is 0.167. The van der Waals surface area contributed by atoms with Crippen molar-refractivity contribution in [3.63, 3.8) is 0 Å². The highest BCUT2D eigenvalue weighted by Crippen LogP contribution is 2.17. The number of anilines is 2. The smallest absolute Gasteiger partial charge is 0.308 e. The maximum absolute atomic E-state index is 12.4. The van der Waals surface area contributed by atoms with Crippen LogP contribution in [0.4, 0.5) is 11.4 Å². The third-order valence-corrected chi connectivity index (χ3v) is 5.22. The van der Waals surface area contributed by atoms with E-state index in [9.17, 15) is 19.2 Å². The average molecular weight is 482 g/mol. The number of thiophene rings is 1. The van der Waals surface area contributed by atoms with Gasteiger partial charge in [-0.2, -0.15) is 11.3 Å². The molecule has 176 valence electrons. The first-order valence-corrected chi connectivity index (χ1v) is 11.2. The van der Waals surface area contributed by atoms with Gasteiger partial charge in [-0.15, -0.1) is 0 Å². The molecule has 0 aliphatic heterocycles. The van der Waals surface area contributed by atoms with Crippen LogP contribution in [0.15, 0.2) is 65.4 Å². The summed E-state index contributed by atoms with van der Waals surface area (Å²) < 4.78 is 10.0. The van der Waals surface area contributed by atoms with Crippen molar-refractivity contribution in [2.75, 3.05) is 30.9 Å². The molecule has 0 spiro atoms. The number of hydrogen-bond acceptors (Lipinski definition) is 7. The number of benzene rings is 2. The molecule has 0 saturated carbocycles. The molecule has 0 aliphatic carbocycles. The Balaban J connectivity index is 1.37. The van der Waals surface area contributed by atoms with Gasteiger partial charge < -0.3 is 25.4 Å². The molecule has 2 aromatic carbocycles. The number of ether oxygens (including phenoxy) is 2. The second-order valence-corrected chi connectivity index (χ2v) is 7.77. The first-order chi connectivity index (χ1) is 16.4. The average Bonchev–Trinajstić information content (AvgIpc) is 3.39. The number of rotatable bonds is 10. The van der Waals surface area contributed by atoms with Gasteiger partial charge >= 0.3 is 5.97 Å². The lowest BCUT2D eigenvalue weighted by molar-refractivity contribution is -0.147. The lowest BCUT2D eigenvalue weighted by Crippen LogP contribution is -2.27. The van der Waals surface area contributed by atoms with E-state index in [0.29, 0.717) is 28.3 Å². The van der Waals surface area contributed by atoms with Gasteiger partial charge in [0, 0.05) is 34.4 Å². The molecule has 3 amide bonds. The number of amides is 3. The highest BCUT2D eigenvalue weighted by atomic mass is 32.1. The molecule has 0 atom stereocenters. The molecule has 0 bridgehead atoms. The number of esters is 1. The number of carbonyl (C=O) groups excluding carboxylic acids is 4. The lowest BCUT2D eigenvalue weighted by atomic mass is 10.2. The first-order valence-electron chi connectivity index (χ1n) is 10.3. The lowest BCUT2D eigenvalue weighted by Gasteiger charge is -2.09. The second-order valence-electron chi connectivity index (χ2n) is 6.99. The zero-order valence-corrected chi connectivity index (χ0v) is 19.1. The summed E-state index contributed by atoms with van der Waals surface area (Å²) >= 11 is 1.40. The van der Waals surface area contributed by atoms with E-state index in [2.05, 4.69) is 16.0 Å². The molecule has 0 unspecified atom stereocenters. The molecule has 10 heteroatoms. The summed E-state index contributed by atoms with van der Waals surface area (Å²) in [5.74, 6) is -1.02. The van der Waals surface area contributed by atoms with Crippen molar-refractivity contribution in [3.8, 4) is 5.75 Å². The standard InChI is InChI=1S/C24H23N3O6S/c1-32-20-8-6-19(7-9-20)27-24(31)16-2-4-18(5-3-16)26-21(28)14-33-22(29)10-12-25-23(30)17-11-13-34-15-17/h2-9,11,13,15H,10,12,14H2,1H3,(H,25,30)(H,26,28)(H,27,31). The van der Waals surface area contributed by atoms with Crippen LogP contribution in [0.1, 0.15) is 27.1 Å². The van der Waals surface area contributed by atoms with Crippen molar-refractivity contribution in [3.05, 3.63) is 76.5 Å². The van der Waals surface area contributed by atoms with Gasteiger partial charge in [0.2, 0.25) is 0 Å². The van der Waals surface area contributed by atoms with Gasteiger partial charge in [0.15, 0.2) is 6.61 Å². The van der Waals surface area contributed by atoms with E-state index in [1.54, 1.807) is 72.5 Å². The van der Waals surface area contributed by atoms with Crippen molar-refractivity contribution < 1.29 is 28.7 Å². The molecule has 0 fully saturated rings. The molecule has 9 nitrogen and oxygen atoms in total. The van der Waals surface area contributed by atoms with Gasteiger partial charge in [-0.1, -0.05) is 0 Å². The Morgan fingerprint density at radius 2 is 1.50 bits per heavy atom. The minimum absolute atomic E-state index is 0.0544. The zero-order valence-electron chi connectivity index (χ0n) is 18.3. The van der Waals surface area contributed by atoms with Crippen LogP contribution in [0.2, 0.25) is 0 Å². The quantitative estimate of drug-likeness (QED) is 0.382. The van der Waals surface area contributed by atoms with Crippen LogP contribution in [0.3, 0.4) is 0 Å². The van der Waals surface area contributed by atoms with Crippen LogP contribution in [-0.4, -0.2) is 44.0 Å². The highest BCUT2D eigenvalue weighted by molar-refractivity contribution is 7.08. The normalized spacial score (nSPS) is 10.1. The van der Waals surface area contributed by atoms with Crippen LogP contribution >= 0.6 is 11.3 Å². The highest BCUT2D eigenvalue weighted by Gasteiger charge is 2.11. The summed E-state index contributed by atoms with van der Waals surface area (Å²) in [5, 5.41) is 11.5. The number of carbonyl (C=O) groups is 4. The molecular formula is C24H23N3O6S. The van der Waals surface area contributed by atoms with Crippen molar-refractivity contribution in [2.45, 2.75) is 6.42 Å². The van der Waals surface area contributed by atoms with E-state index in [-0.39, 0.29) is 24.8 Å². The third kappa shape index (κ3) is 7.45. The molecular weight excluding hydrogens is 458 g/mol. The number of nitrogens with one attached hydrogen (secondary N) is 3. The largest absolute Gasteiger partial charge is 0.497 e. The summed E-state index contributed by atoms with van der Waals surface area (Å²) in [7, 11) is 1.56. The van der Waals surface area contributed by atoms with E-state index < -0.39 is 18.5 Å². The van der Waals surface area contributed by atoms with E-state index in [1.165, 1.54) is 11.3 Å². The Bertz CT molecular complexity index is 1130. The summed E-state index contributed by atoms with van der Waals surface area (Å²) in [6, 6.07) is 14.9. The minimum atomic E-state index is -0.605. The Labute approximate surface area is 200 Å². The van der Waals surface area contributed by atoms with Crippen molar-refractivity contribution in [1.82, 2.24) is 5.32 Å². The minimum Gasteiger partial charge on any atom is -0.497 e.